The maximum absolute atomic E-state index is 9.76. The van der Waals surface area contributed by atoms with Gasteiger partial charge in [-0.05, 0) is 49.6 Å². The minimum Gasteiger partial charge on any atom is -0.457 e. The normalized spacial score (nSPS) is 11.7. The first-order chi connectivity index (χ1) is 9.63. The van der Waals surface area contributed by atoms with Gasteiger partial charge in [-0.1, -0.05) is 6.07 Å². The molecule has 1 N–H and O–H groups in total. The van der Waals surface area contributed by atoms with Gasteiger partial charge in [-0.2, -0.15) is 5.26 Å². The summed E-state index contributed by atoms with van der Waals surface area (Å²) in [4.78, 5) is 1.15. The van der Waals surface area contributed by atoms with Gasteiger partial charge in [-0.3, -0.25) is 0 Å². The Bertz CT molecular complexity index is 630. The minimum atomic E-state index is -0.650. The van der Waals surface area contributed by atoms with E-state index in [4.69, 9.17) is 10.00 Å². The van der Waals surface area contributed by atoms with Crippen molar-refractivity contribution in [1.29, 1.82) is 5.26 Å². The van der Waals surface area contributed by atoms with Gasteiger partial charge < -0.3 is 9.84 Å². The number of aliphatic hydroxyl groups is 1. The van der Waals surface area contributed by atoms with E-state index in [1.165, 1.54) is 0 Å². The second-order valence-corrected chi connectivity index (χ2v) is 5.20. The summed E-state index contributed by atoms with van der Waals surface area (Å²) >= 11 is 1.66. The molecule has 2 aromatic rings. The summed E-state index contributed by atoms with van der Waals surface area (Å²) in [6.45, 7) is 1.67. The van der Waals surface area contributed by atoms with Crippen molar-refractivity contribution < 1.29 is 9.84 Å². The Labute approximate surface area is 122 Å². The highest BCUT2D eigenvalue weighted by molar-refractivity contribution is 7.98. The quantitative estimate of drug-likeness (QED) is 0.858. The molecule has 1 atom stereocenters. The topological polar surface area (TPSA) is 53.2 Å². The fourth-order valence-electron chi connectivity index (χ4n) is 1.81. The first-order valence-electron chi connectivity index (χ1n) is 6.18. The SMILES string of the molecule is CSc1ccc(Oc2cc(C#N)ccc2[C@@H](C)O)cc1. The molecule has 0 aliphatic heterocycles. The zero-order valence-corrected chi connectivity index (χ0v) is 12.1. The van der Waals surface area contributed by atoms with Crippen LogP contribution in [0.3, 0.4) is 0 Å². The molecule has 0 heterocycles. The van der Waals surface area contributed by atoms with E-state index in [0.29, 0.717) is 22.6 Å². The van der Waals surface area contributed by atoms with Gasteiger partial charge in [0.2, 0.25) is 0 Å². The second-order valence-electron chi connectivity index (χ2n) is 4.32. The van der Waals surface area contributed by atoms with E-state index < -0.39 is 6.10 Å². The van der Waals surface area contributed by atoms with Crippen molar-refractivity contribution in [1.82, 2.24) is 0 Å². The maximum atomic E-state index is 9.76. The molecule has 0 aromatic heterocycles. The molecule has 0 fully saturated rings. The number of thioether (sulfide) groups is 1. The number of aliphatic hydroxyl groups excluding tert-OH is 1. The number of nitriles is 1. The van der Waals surface area contributed by atoms with E-state index in [1.54, 1.807) is 36.9 Å². The van der Waals surface area contributed by atoms with Crippen molar-refractivity contribution in [3.63, 3.8) is 0 Å². The van der Waals surface area contributed by atoms with Gasteiger partial charge in [0.15, 0.2) is 0 Å². The highest BCUT2D eigenvalue weighted by Crippen LogP contribution is 2.31. The highest BCUT2D eigenvalue weighted by atomic mass is 32.2. The molecule has 0 radical (unpaired) electrons. The lowest BCUT2D eigenvalue weighted by Crippen LogP contribution is -1.97. The molecule has 0 bridgehead atoms. The van der Waals surface area contributed by atoms with Crippen molar-refractivity contribution >= 4 is 11.8 Å². The first kappa shape index (κ1) is 14.4. The molecule has 0 aliphatic carbocycles. The summed E-state index contributed by atoms with van der Waals surface area (Å²) in [6, 6.07) is 14.8. The average molecular weight is 285 g/mol. The Kier molecular flexibility index (Phi) is 4.67. The summed E-state index contributed by atoms with van der Waals surface area (Å²) in [5.41, 5.74) is 1.17. The largest absolute Gasteiger partial charge is 0.457 e. The number of nitrogens with zero attached hydrogens (tertiary/aromatic N) is 1. The Morgan fingerprint density at radius 2 is 1.90 bits per heavy atom. The first-order valence-corrected chi connectivity index (χ1v) is 7.40. The lowest BCUT2D eigenvalue weighted by atomic mass is 10.1. The smallest absolute Gasteiger partial charge is 0.134 e. The van der Waals surface area contributed by atoms with Gasteiger partial charge in [-0.25, -0.2) is 0 Å². The van der Waals surface area contributed by atoms with Crippen molar-refractivity contribution in [2.24, 2.45) is 0 Å². The molecule has 4 heteroatoms. The van der Waals surface area contributed by atoms with Crippen LogP contribution in [0.4, 0.5) is 0 Å². The van der Waals surface area contributed by atoms with Crippen LogP contribution in [0, 0.1) is 11.3 Å². The Morgan fingerprint density at radius 3 is 2.45 bits per heavy atom. The summed E-state index contributed by atoms with van der Waals surface area (Å²) in [5, 5.41) is 18.7. The third-order valence-electron chi connectivity index (χ3n) is 2.88. The summed E-state index contributed by atoms with van der Waals surface area (Å²) < 4.78 is 5.79. The van der Waals surface area contributed by atoms with Crippen molar-refractivity contribution in [2.75, 3.05) is 6.26 Å². The molecule has 2 rings (SSSR count). The molecule has 0 saturated carbocycles. The monoisotopic (exact) mass is 285 g/mol. The van der Waals surface area contributed by atoms with Gasteiger partial charge in [0, 0.05) is 10.5 Å². The van der Waals surface area contributed by atoms with Crippen molar-refractivity contribution in [3.05, 3.63) is 53.6 Å². The van der Waals surface area contributed by atoms with Crippen LogP contribution in [0.5, 0.6) is 11.5 Å². The molecule has 0 saturated heterocycles. The van der Waals surface area contributed by atoms with E-state index in [9.17, 15) is 5.11 Å². The predicted molar refractivity (Wildman–Crippen MR) is 80.1 cm³/mol. The number of ether oxygens (including phenoxy) is 1. The van der Waals surface area contributed by atoms with Crippen LogP contribution in [0.25, 0.3) is 0 Å². The van der Waals surface area contributed by atoms with Gasteiger partial charge in [0.1, 0.15) is 11.5 Å². The Hall–Kier alpha value is -1.96. The predicted octanol–water partition coefficient (Wildman–Crippen LogP) is 4.13. The van der Waals surface area contributed by atoms with E-state index in [0.717, 1.165) is 4.90 Å². The molecule has 2 aromatic carbocycles. The van der Waals surface area contributed by atoms with E-state index in [2.05, 4.69) is 6.07 Å². The Morgan fingerprint density at radius 1 is 1.20 bits per heavy atom. The molecule has 20 heavy (non-hydrogen) atoms. The molecule has 0 unspecified atom stereocenters. The number of hydrogen-bond donors (Lipinski definition) is 1. The van der Waals surface area contributed by atoms with Crippen LogP contribution in [0.2, 0.25) is 0 Å². The molecule has 0 spiro atoms. The highest BCUT2D eigenvalue weighted by Gasteiger charge is 2.11. The molecule has 102 valence electrons. The van der Waals surface area contributed by atoms with Crippen molar-refractivity contribution in [3.8, 4) is 17.6 Å². The molecular formula is C16H15NO2S. The zero-order chi connectivity index (χ0) is 14.5. The summed E-state index contributed by atoms with van der Waals surface area (Å²) in [7, 11) is 0. The van der Waals surface area contributed by atoms with E-state index in [1.807, 2.05) is 30.5 Å². The third-order valence-corrected chi connectivity index (χ3v) is 3.62. The molecule has 0 aliphatic rings. The van der Waals surface area contributed by atoms with Crippen LogP contribution >= 0.6 is 11.8 Å². The van der Waals surface area contributed by atoms with Crippen LogP contribution < -0.4 is 4.74 Å². The van der Waals surface area contributed by atoms with Gasteiger partial charge in [-0.15, -0.1) is 11.8 Å². The van der Waals surface area contributed by atoms with Gasteiger partial charge in [0.25, 0.3) is 0 Å². The molecule has 0 amide bonds. The standard InChI is InChI=1S/C16H15NO2S/c1-11(18)15-8-3-12(10-17)9-16(15)19-13-4-6-14(20-2)7-5-13/h3-9,11,18H,1-2H3/t11-/m1/s1. The van der Waals surface area contributed by atoms with E-state index in [-0.39, 0.29) is 0 Å². The Balaban J connectivity index is 2.33. The average Bonchev–Trinajstić information content (AvgIpc) is 2.47. The summed E-state index contributed by atoms with van der Waals surface area (Å²) in [5.74, 6) is 1.19. The lowest BCUT2D eigenvalue weighted by molar-refractivity contribution is 0.195. The van der Waals surface area contributed by atoms with Crippen molar-refractivity contribution in [2.45, 2.75) is 17.9 Å². The van der Waals surface area contributed by atoms with Crippen LogP contribution in [-0.2, 0) is 0 Å². The van der Waals surface area contributed by atoms with Crippen LogP contribution in [0.1, 0.15) is 24.2 Å². The van der Waals surface area contributed by atoms with Gasteiger partial charge in [0.05, 0.1) is 17.7 Å². The molecular weight excluding hydrogens is 270 g/mol. The number of rotatable bonds is 4. The van der Waals surface area contributed by atoms with Crippen LogP contribution in [0.15, 0.2) is 47.4 Å². The third kappa shape index (κ3) is 3.32. The van der Waals surface area contributed by atoms with Gasteiger partial charge >= 0.3 is 0 Å². The van der Waals surface area contributed by atoms with E-state index >= 15 is 0 Å². The zero-order valence-electron chi connectivity index (χ0n) is 11.3. The fourth-order valence-corrected chi connectivity index (χ4v) is 2.22. The number of hydrogen-bond acceptors (Lipinski definition) is 4. The number of benzene rings is 2. The minimum absolute atomic E-state index is 0.505. The maximum Gasteiger partial charge on any atom is 0.134 e. The fraction of sp³-hybridized carbons (Fsp3) is 0.188. The summed E-state index contributed by atoms with van der Waals surface area (Å²) in [6.07, 6.45) is 1.36. The lowest BCUT2D eigenvalue weighted by Gasteiger charge is -2.13. The van der Waals surface area contributed by atoms with Crippen LogP contribution in [-0.4, -0.2) is 11.4 Å². The molecule has 3 nitrogen and oxygen atoms in total. The second kappa shape index (κ2) is 6.47.